The van der Waals surface area contributed by atoms with E-state index in [1.807, 2.05) is 31.3 Å². The van der Waals surface area contributed by atoms with E-state index in [4.69, 9.17) is 9.26 Å². The summed E-state index contributed by atoms with van der Waals surface area (Å²) in [6.45, 7) is 3.19. The molecule has 1 N–H and O–H groups in total. The van der Waals surface area contributed by atoms with Crippen LogP contribution in [0.15, 0.2) is 28.8 Å². The lowest BCUT2D eigenvalue weighted by Crippen LogP contribution is -2.50. The van der Waals surface area contributed by atoms with Gasteiger partial charge in [0.25, 0.3) is 0 Å². The molecule has 0 bridgehead atoms. The second kappa shape index (κ2) is 4.96. The Balaban J connectivity index is 1.96. The average Bonchev–Trinajstić information content (AvgIpc) is 2.84. The molecule has 18 heavy (non-hydrogen) atoms. The smallest absolute Gasteiger partial charge is 0.180 e. The van der Waals surface area contributed by atoms with Crippen LogP contribution in [-0.2, 0) is 4.74 Å². The minimum Gasteiger partial charge on any atom is -0.377 e. The molecular formula is C13H17N3O2. The van der Waals surface area contributed by atoms with Crippen molar-refractivity contribution in [3.8, 4) is 0 Å². The molecule has 1 saturated heterocycles. The molecule has 0 saturated carbocycles. The van der Waals surface area contributed by atoms with Gasteiger partial charge in [0, 0.05) is 13.1 Å². The molecule has 1 aromatic heterocycles. The lowest BCUT2D eigenvalue weighted by atomic mass is 10.2. The molecule has 0 aliphatic carbocycles. The van der Waals surface area contributed by atoms with E-state index in [0.717, 1.165) is 43.1 Å². The van der Waals surface area contributed by atoms with E-state index < -0.39 is 0 Å². The zero-order valence-electron chi connectivity index (χ0n) is 10.4. The SMILES string of the molecule is CNCC1COCCN1c1noc2ccccc12. The highest BCUT2D eigenvalue weighted by Crippen LogP contribution is 2.28. The number of nitrogens with zero attached hydrogens (tertiary/aromatic N) is 2. The molecule has 1 unspecified atom stereocenters. The van der Waals surface area contributed by atoms with Crippen LogP contribution in [0.25, 0.3) is 11.0 Å². The third-order valence-corrected chi connectivity index (χ3v) is 3.30. The van der Waals surface area contributed by atoms with Gasteiger partial charge < -0.3 is 19.5 Å². The summed E-state index contributed by atoms with van der Waals surface area (Å²) in [5.74, 6) is 0.925. The predicted octanol–water partition coefficient (Wildman–Crippen LogP) is 1.25. The Morgan fingerprint density at radius 3 is 3.22 bits per heavy atom. The molecule has 5 heteroatoms. The summed E-state index contributed by atoms with van der Waals surface area (Å²) in [7, 11) is 1.95. The Kier molecular flexibility index (Phi) is 3.17. The van der Waals surface area contributed by atoms with Crippen molar-refractivity contribution < 1.29 is 9.26 Å². The Morgan fingerprint density at radius 2 is 2.33 bits per heavy atom. The predicted molar refractivity (Wildman–Crippen MR) is 69.9 cm³/mol. The van der Waals surface area contributed by atoms with Crippen LogP contribution in [-0.4, -0.2) is 44.5 Å². The summed E-state index contributed by atoms with van der Waals surface area (Å²) >= 11 is 0. The summed E-state index contributed by atoms with van der Waals surface area (Å²) in [5, 5.41) is 8.49. The van der Waals surface area contributed by atoms with Crippen molar-refractivity contribution in [2.45, 2.75) is 6.04 Å². The van der Waals surface area contributed by atoms with Crippen LogP contribution < -0.4 is 10.2 Å². The number of aromatic nitrogens is 1. The highest BCUT2D eigenvalue weighted by Gasteiger charge is 2.26. The highest BCUT2D eigenvalue weighted by molar-refractivity contribution is 5.88. The highest BCUT2D eigenvalue weighted by atomic mass is 16.5. The number of morpholine rings is 1. The lowest BCUT2D eigenvalue weighted by molar-refractivity contribution is 0.0937. The van der Waals surface area contributed by atoms with E-state index in [2.05, 4.69) is 15.4 Å². The Hall–Kier alpha value is -1.59. The molecule has 5 nitrogen and oxygen atoms in total. The van der Waals surface area contributed by atoms with E-state index in [1.165, 1.54) is 0 Å². The maximum absolute atomic E-state index is 5.53. The molecule has 2 heterocycles. The maximum Gasteiger partial charge on any atom is 0.180 e. The van der Waals surface area contributed by atoms with Crippen molar-refractivity contribution in [3.63, 3.8) is 0 Å². The molecule has 96 valence electrons. The van der Waals surface area contributed by atoms with Crippen LogP contribution >= 0.6 is 0 Å². The fraction of sp³-hybridized carbons (Fsp3) is 0.462. The molecular weight excluding hydrogens is 230 g/mol. The molecule has 0 spiro atoms. The third-order valence-electron chi connectivity index (χ3n) is 3.30. The standard InChI is InChI=1S/C13H17N3O2/c1-14-8-10-9-17-7-6-16(10)13-11-4-2-3-5-12(11)18-15-13/h2-5,10,14H,6-9H2,1H3. The topological polar surface area (TPSA) is 50.5 Å². The third kappa shape index (κ3) is 1.95. The number of nitrogens with one attached hydrogen (secondary N) is 1. The van der Waals surface area contributed by atoms with Gasteiger partial charge in [0.05, 0.1) is 24.6 Å². The minimum absolute atomic E-state index is 0.303. The summed E-state index contributed by atoms with van der Waals surface area (Å²) in [6.07, 6.45) is 0. The van der Waals surface area contributed by atoms with E-state index >= 15 is 0 Å². The Labute approximate surface area is 106 Å². The number of rotatable bonds is 3. The Bertz CT molecular complexity index is 524. The number of hydrogen-bond acceptors (Lipinski definition) is 5. The summed E-state index contributed by atoms with van der Waals surface area (Å²) in [4.78, 5) is 2.27. The number of para-hydroxylation sites is 1. The number of hydrogen-bond donors (Lipinski definition) is 1. The van der Waals surface area contributed by atoms with Gasteiger partial charge in [0.2, 0.25) is 0 Å². The zero-order valence-corrected chi connectivity index (χ0v) is 10.4. The molecule has 1 fully saturated rings. The first-order valence-corrected chi connectivity index (χ1v) is 6.23. The number of fused-ring (bicyclic) bond motifs is 1. The molecule has 2 aromatic rings. The summed E-state index contributed by atoms with van der Waals surface area (Å²) in [5.41, 5.74) is 0.835. The van der Waals surface area contributed by atoms with Crippen molar-refractivity contribution in [2.24, 2.45) is 0 Å². The van der Waals surface area contributed by atoms with Gasteiger partial charge in [-0.25, -0.2) is 0 Å². The molecule has 1 aromatic carbocycles. The maximum atomic E-state index is 5.53. The Morgan fingerprint density at radius 1 is 1.44 bits per heavy atom. The second-order valence-corrected chi connectivity index (χ2v) is 4.48. The minimum atomic E-state index is 0.303. The molecule has 0 radical (unpaired) electrons. The van der Waals surface area contributed by atoms with Crippen molar-refractivity contribution in [2.75, 3.05) is 38.3 Å². The molecule has 1 aliphatic heterocycles. The zero-order chi connectivity index (χ0) is 12.4. The fourth-order valence-corrected chi connectivity index (χ4v) is 2.42. The van der Waals surface area contributed by atoms with Gasteiger partial charge in [0.15, 0.2) is 11.4 Å². The quantitative estimate of drug-likeness (QED) is 0.884. The molecule has 1 aliphatic rings. The lowest BCUT2D eigenvalue weighted by Gasteiger charge is -2.35. The van der Waals surface area contributed by atoms with Crippen molar-refractivity contribution in [1.82, 2.24) is 10.5 Å². The van der Waals surface area contributed by atoms with Crippen LogP contribution in [0.2, 0.25) is 0 Å². The van der Waals surface area contributed by atoms with Crippen LogP contribution in [0.1, 0.15) is 0 Å². The number of ether oxygens (including phenoxy) is 1. The first-order valence-electron chi connectivity index (χ1n) is 6.23. The first kappa shape index (κ1) is 11.5. The number of likely N-dealkylation sites (N-methyl/N-ethyl adjacent to an activating group) is 1. The van der Waals surface area contributed by atoms with Crippen molar-refractivity contribution in [1.29, 1.82) is 0 Å². The summed E-state index contributed by atoms with van der Waals surface area (Å²) < 4.78 is 10.9. The van der Waals surface area contributed by atoms with Crippen molar-refractivity contribution in [3.05, 3.63) is 24.3 Å². The average molecular weight is 247 g/mol. The first-order chi connectivity index (χ1) is 8.90. The van der Waals surface area contributed by atoms with Gasteiger partial charge in [-0.3, -0.25) is 0 Å². The van der Waals surface area contributed by atoms with Gasteiger partial charge in [-0.05, 0) is 19.2 Å². The normalized spacial score (nSPS) is 20.5. The summed E-state index contributed by atoms with van der Waals surface area (Å²) in [6, 6.07) is 8.27. The second-order valence-electron chi connectivity index (χ2n) is 4.48. The fourth-order valence-electron chi connectivity index (χ4n) is 2.42. The molecule has 0 amide bonds. The number of benzene rings is 1. The van der Waals surface area contributed by atoms with Gasteiger partial charge in [-0.15, -0.1) is 0 Å². The van der Waals surface area contributed by atoms with Gasteiger partial charge in [0.1, 0.15) is 0 Å². The largest absolute Gasteiger partial charge is 0.377 e. The van der Waals surface area contributed by atoms with E-state index in [9.17, 15) is 0 Å². The molecule has 1 atom stereocenters. The van der Waals surface area contributed by atoms with Gasteiger partial charge >= 0.3 is 0 Å². The van der Waals surface area contributed by atoms with Crippen LogP contribution in [0.5, 0.6) is 0 Å². The van der Waals surface area contributed by atoms with Crippen LogP contribution in [0, 0.1) is 0 Å². The van der Waals surface area contributed by atoms with Crippen molar-refractivity contribution >= 4 is 16.8 Å². The van der Waals surface area contributed by atoms with Crippen LogP contribution in [0.4, 0.5) is 5.82 Å². The van der Waals surface area contributed by atoms with E-state index in [-0.39, 0.29) is 0 Å². The van der Waals surface area contributed by atoms with Crippen LogP contribution in [0.3, 0.4) is 0 Å². The van der Waals surface area contributed by atoms with E-state index in [1.54, 1.807) is 0 Å². The van der Waals surface area contributed by atoms with Gasteiger partial charge in [-0.2, -0.15) is 0 Å². The monoisotopic (exact) mass is 247 g/mol. The van der Waals surface area contributed by atoms with Gasteiger partial charge in [-0.1, -0.05) is 17.3 Å². The molecule has 3 rings (SSSR count). The number of anilines is 1. The van der Waals surface area contributed by atoms with E-state index in [0.29, 0.717) is 6.04 Å².